The molecule has 1 unspecified atom stereocenters. The molecule has 2 aliphatic rings. The fraction of sp³-hybridized carbons (Fsp3) is 0.500. The summed E-state index contributed by atoms with van der Waals surface area (Å²) in [4.78, 5) is 11.8. The normalized spacial score (nSPS) is 22.3. The number of carbonyl (C=O) groups is 1. The number of hydrogen-bond acceptors (Lipinski definition) is 6. The van der Waals surface area contributed by atoms with E-state index in [2.05, 4.69) is 0 Å². The fourth-order valence-electron chi connectivity index (χ4n) is 2.60. The molecule has 1 aromatic carbocycles. The number of ether oxygens (including phenoxy) is 5. The molecule has 0 N–H and O–H groups in total. The van der Waals surface area contributed by atoms with E-state index in [-0.39, 0.29) is 18.3 Å². The largest absolute Gasteiger partial charge is 0.496 e. The lowest BCUT2D eigenvalue weighted by Gasteiger charge is -2.29. The molecule has 1 saturated heterocycles. The van der Waals surface area contributed by atoms with Crippen LogP contribution in [0.2, 0.25) is 0 Å². The number of hydrogen-bond donors (Lipinski definition) is 0. The van der Waals surface area contributed by atoms with Gasteiger partial charge in [-0.25, -0.2) is 0 Å². The lowest BCUT2D eigenvalue weighted by atomic mass is 9.91. The van der Waals surface area contributed by atoms with E-state index < -0.39 is 6.29 Å². The van der Waals surface area contributed by atoms with Gasteiger partial charge in [0.2, 0.25) is 0 Å². The lowest BCUT2D eigenvalue weighted by Crippen LogP contribution is -2.29. The van der Waals surface area contributed by atoms with Gasteiger partial charge in [0.25, 0.3) is 0 Å². The second kappa shape index (κ2) is 5.30. The molecular weight excluding hydrogens is 264 g/mol. The molecule has 6 nitrogen and oxygen atoms in total. The van der Waals surface area contributed by atoms with Crippen LogP contribution < -0.4 is 14.2 Å². The van der Waals surface area contributed by atoms with Gasteiger partial charge in [-0.15, -0.1) is 0 Å². The molecule has 20 heavy (non-hydrogen) atoms. The van der Waals surface area contributed by atoms with E-state index in [4.69, 9.17) is 23.7 Å². The highest BCUT2D eigenvalue weighted by molar-refractivity contribution is 5.78. The van der Waals surface area contributed by atoms with Gasteiger partial charge in [0.1, 0.15) is 17.2 Å². The van der Waals surface area contributed by atoms with E-state index in [9.17, 15) is 4.79 Å². The van der Waals surface area contributed by atoms with Crippen LogP contribution in [0.25, 0.3) is 0 Å². The Hall–Kier alpha value is -1.79. The highest BCUT2D eigenvalue weighted by Crippen LogP contribution is 2.46. The molecule has 1 fully saturated rings. The number of benzene rings is 1. The molecule has 1 atom stereocenters. The monoisotopic (exact) mass is 280 g/mol. The predicted octanol–water partition coefficient (Wildman–Crippen LogP) is 1.47. The van der Waals surface area contributed by atoms with Crippen LogP contribution >= 0.6 is 0 Å². The summed E-state index contributed by atoms with van der Waals surface area (Å²) in [6.07, 6.45) is -0.232. The second-order valence-electron chi connectivity index (χ2n) is 4.64. The van der Waals surface area contributed by atoms with Gasteiger partial charge in [-0.1, -0.05) is 0 Å². The number of esters is 1. The SMILES string of the molecule is COc1cc(OC)c2c(c1)OC(=O)CC2C1OCCO1. The summed E-state index contributed by atoms with van der Waals surface area (Å²) in [5.74, 6) is 1.09. The third kappa shape index (κ3) is 2.21. The standard InChI is InChI=1S/C14H16O6/c1-16-8-5-10(17-2)13-9(14-18-3-4-19-14)7-12(15)20-11(13)6-8/h5-6,9,14H,3-4,7H2,1-2H3. The summed E-state index contributed by atoms with van der Waals surface area (Å²) in [5.41, 5.74) is 0.791. The lowest BCUT2D eigenvalue weighted by molar-refractivity contribution is -0.140. The van der Waals surface area contributed by atoms with Gasteiger partial charge < -0.3 is 23.7 Å². The van der Waals surface area contributed by atoms with Gasteiger partial charge in [-0.05, 0) is 0 Å². The molecule has 2 aliphatic heterocycles. The Bertz CT molecular complexity index is 521. The Labute approximate surface area is 116 Å². The van der Waals surface area contributed by atoms with Gasteiger partial charge in [0.05, 0.1) is 39.8 Å². The molecule has 6 heteroatoms. The smallest absolute Gasteiger partial charge is 0.312 e. The first-order valence-electron chi connectivity index (χ1n) is 6.42. The van der Waals surface area contributed by atoms with Crippen molar-refractivity contribution in [3.63, 3.8) is 0 Å². The molecule has 0 radical (unpaired) electrons. The summed E-state index contributed by atoms with van der Waals surface area (Å²) in [7, 11) is 3.12. The number of fused-ring (bicyclic) bond motifs is 1. The summed E-state index contributed by atoms with van der Waals surface area (Å²) < 4.78 is 27.0. The van der Waals surface area contributed by atoms with Gasteiger partial charge in [0.15, 0.2) is 6.29 Å². The Morgan fingerprint density at radius 1 is 1.15 bits per heavy atom. The van der Waals surface area contributed by atoms with E-state index in [0.717, 1.165) is 5.56 Å². The molecule has 1 aromatic rings. The molecule has 3 rings (SSSR count). The molecule has 0 aliphatic carbocycles. The summed E-state index contributed by atoms with van der Waals surface area (Å²) in [6, 6.07) is 3.44. The highest BCUT2D eigenvalue weighted by Gasteiger charge is 2.39. The first-order chi connectivity index (χ1) is 9.72. The van der Waals surface area contributed by atoms with Crippen molar-refractivity contribution in [1.29, 1.82) is 0 Å². The Kier molecular flexibility index (Phi) is 3.50. The number of methoxy groups -OCH3 is 2. The van der Waals surface area contributed by atoms with Crippen molar-refractivity contribution in [1.82, 2.24) is 0 Å². The maximum Gasteiger partial charge on any atom is 0.312 e. The van der Waals surface area contributed by atoms with Crippen molar-refractivity contribution in [2.75, 3.05) is 27.4 Å². The number of carbonyl (C=O) groups excluding carboxylic acids is 1. The van der Waals surface area contributed by atoms with Crippen LogP contribution in [0.1, 0.15) is 17.9 Å². The van der Waals surface area contributed by atoms with Gasteiger partial charge in [-0.2, -0.15) is 0 Å². The number of rotatable bonds is 3. The van der Waals surface area contributed by atoms with E-state index in [1.807, 2.05) is 0 Å². The van der Waals surface area contributed by atoms with Crippen LogP contribution in [-0.2, 0) is 14.3 Å². The molecule has 2 heterocycles. The first kappa shape index (κ1) is 13.2. The average molecular weight is 280 g/mol. The third-order valence-corrected chi connectivity index (χ3v) is 3.49. The van der Waals surface area contributed by atoms with E-state index >= 15 is 0 Å². The zero-order valence-electron chi connectivity index (χ0n) is 11.4. The van der Waals surface area contributed by atoms with Gasteiger partial charge in [0, 0.05) is 17.7 Å². The Morgan fingerprint density at radius 2 is 1.90 bits per heavy atom. The topological polar surface area (TPSA) is 63.2 Å². The summed E-state index contributed by atoms with van der Waals surface area (Å²) >= 11 is 0. The Balaban J connectivity index is 2.07. The quantitative estimate of drug-likeness (QED) is 0.617. The molecule has 108 valence electrons. The van der Waals surface area contributed by atoms with Crippen molar-refractivity contribution in [3.05, 3.63) is 17.7 Å². The predicted molar refractivity (Wildman–Crippen MR) is 68.2 cm³/mol. The van der Waals surface area contributed by atoms with Crippen LogP contribution in [0.15, 0.2) is 12.1 Å². The van der Waals surface area contributed by atoms with Crippen LogP contribution in [0.3, 0.4) is 0 Å². The first-order valence-corrected chi connectivity index (χ1v) is 6.42. The zero-order chi connectivity index (χ0) is 14.1. The minimum atomic E-state index is -0.441. The molecule has 0 bridgehead atoms. The third-order valence-electron chi connectivity index (χ3n) is 3.49. The van der Waals surface area contributed by atoms with E-state index in [1.165, 1.54) is 0 Å². The maximum absolute atomic E-state index is 11.8. The van der Waals surface area contributed by atoms with Crippen molar-refractivity contribution in [3.8, 4) is 17.2 Å². The molecule has 0 saturated carbocycles. The van der Waals surface area contributed by atoms with Crippen LogP contribution in [0.5, 0.6) is 17.2 Å². The minimum Gasteiger partial charge on any atom is -0.496 e. The molecule has 0 spiro atoms. The highest BCUT2D eigenvalue weighted by atomic mass is 16.7. The average Bonchev–Trinajstić information content (AvgIpc) is 2.98. The molecule has 0 amide bonds. The fourth-order valence-corrected chi connectivity index (χ4v) is 2.60. The summed E-state index contributed by atoms with van der Waals surface area (Å²) in [5, 5.41) is 0. The molecule has 0 aromatic heterocycles. The molecular formula is C14H16O6. The van der Waals surface area contributed by atoms with Crippen molar-refractivity contribution >= 4 is 5.97 Å². The van der Waals surface area contributed by atoms with E-state index in [1.54, 1.807) is 26.4 Å². The van der Waals surface area contributed by atoms with Crippen molar-refractivity contribution in [2.45, 2.75) is 18.6 Å². The summed E-state index contributed by atoms with van der Waals surface area (Å²) in [6.45, 7) is 1.06. The zero-order valence-corrected chi connectivity index (χ0v) is 11.4. The van der Waals surface area contributed by atoms with Crippen LogP contribution in [0.4, 0.5) is 0 Å². The van der Waals surface area contributed by atoms with Gasteiger partial charge >= 0.3 is 5.97 Å². The van der Waals surface area contributed by atoms with E-state index in [0.29, 0.717) is 30.5 Å². The second-order valence-corrected chi connectivity index (χ2v) is 4.64. The maximum atomic E-state index is 11.8. The van der Waals surface area contributed by atoms with Gasteiger partial charge in [-0.3, -0.25) is 4.79 Å². The van der Waals surface area contributed by atoms with Crippen LogP contribution in [0, 0.1) is 0 Å². The Morgan fingerprint density at radius 3 is 2.55 bits per heavy atom. The van der Waals surface area contributed by atoms with Crippen molar-refractivity contribution < 1.29 is 28.5 Å². The van der Waals surface area contributed by atoms with Crippen LogP contribution in [-0.4, -0.2) is 39.7 Å². The van der Waals surface area contributed by atoms with Crippen molar-refractivity contribution in [2.24, 2.45) is 0 Å². The minimum absolute atomic E-state index is 0.209.